The highest BCUT2D eigenvalue weighted by Crippen LogP contribution is 2.19. The van der Waals surface area contributed by atoms with Gasteiger partial charge in [0.05, 0.1) is 18.6 Å². The Morgan fingerprint density at radius 1 is 1.47 bits per heavy atom. The molecule has 19 heavy (non-hydrogen) atoms. The lowest BCUT2D eigenvalue weighted by Gasteiger charge is -2.19. The number of allylic oxidation sites excluding steroid dienone is 1. The number of nitro groups is 1. The van der Waals surface area contributed by atoms with Gasteiger partial charge < -0.3 is 4.74 Å². The van der Waals surface area contributed by atoms with Crippen LogP contribution < -0.4 is 0 Å². The van der Waals surface area contributed by atoms with Crippen LogP contribution in [-0.2, 0) is 11.3 Å². The minimum Gasteiger partial charge on any atom is -0.453 e. The maximum atomic E-state index is 11.6. The number of benzene rings is 1. The van der Waals surface area contributed by atoms with E-state index in [1.807, 2.05) is 6.92 Å². The molecule has 0 aliphatic rings. The average molecular weight is 264 g/mol. The second-order valence-electron chi connectivity index (χ2n) is 3.81. The van der Waals surface area contributed by atoms with Crippen molar-refractivity contribution < 1.29 is 14.5 Å². The SMILES string of the molecule is C/C=C/CN(Cc1ccccc1[N+](=O)[O-])C(=O)OC. The molecule has 1 rings (SSSR count). The van der Waals surface area contributed by atoms with Crippen molar-refractivity contribution in [3.63, 3.8) is 0 Å². The van der Waals surface area contributed by atoms with Crippen LogP contribution >= 0.6 is 0 Å². The van der Waals surface area contributed by atoms with Crippen LogP contribution in [-0.4, -0.2) is 29.6 Å². The number of nitrogens with zero attached hydrogens (tertiary/aromatic N) is 2. The summed E-state index contributed by atoms with van der Waals surface area (Å²) in [4.78, 5) is 23.5. The van der Waals surface area contributed by atoms with E-state index >= 15 is 0 Å². The zero-order chi connectivity index (χ0) is 14.3. The third-order valence-corrected chi connectivity index (χ3v) is 2.54. The molecule has 0 N–H and O–H groups in total. The van der Waals surface area contributed by atoms with E-state index in [1.54, 1.807) is 30.4 Å². The standard InChI is InChI=1S/C13H16N2O4/c1-3-4-9-14(13(16)19-2)10-11-7-5-6-8-12(11)15(17)18/h3-8H,9-10H2,1-2H3/b4-3+. The molecule has 102 valence electrons. The Morgan fingerprint density at radius 3 is 2.74 bits per heavy atom. The van der Waals surface area contributed by atoms with Gasteiger partial charge in [-0.1, -0.05) is 30.4 Å². The molecule has 0 aliphatic carbocycles. The van der Waals surface area contributed by atoms with Crippen LogP contribution in [0, 0.1) is 10.1 Å². The van der Waals surface area contributed by atoms with Gasteiger partial charge in [0, 0.05) is 18.2 Å². The summed E-state index contributed by atoms with van der Waals surface area (Å²) >= 11 is 0. The van der Waals surface area contributed by atoms with E-state index in [1.165, 1.54) is 18.1 Å². The highest BCUT2D eigenvalue weighted by Gasteiger charge is 2.18. The van der Waals surface area contributed by atoms with E-state index in [0.717, 1.165) is 0 Å². The number of carbonyl (C=O) groups is 1. The largest absolute Gasteiger partial charge is 0.453 e. The molecule has 6 heteroatoms. The van der Waals surface area contributed by atoms with Crippen molar-refractivity contribution in [3.05, 3.63) is 52.1 Å². The quantitative estimate of drug-likeness (QED) is 0.465. The average Bonchev–Trinajstić information content (AvgIpc) is 2.42. The van der Waals surface area contributed by atoms with Crippen molar-refractivity contribution in [2.75, 3.05) is 13.7 Å². The summed E-state index contributed by atoms with van der Waals surface area (Å²) in [5.41, 5.74) is 0.472. The Hall–Kier alpha value is -2.37. The molecule has 0 aromatic heterocycles. The molecule has 0 fully saturated rings. The lowest BCUT2D eigenvalue weighted by molar-refractivity contribution is -0.385. The van der Waals surface area contributed by atoms with E-state index in [9.17, 15) is 14.9 Å². The van der Waals surface area contributed by atoms with Crippen molar-refractivity contribution in [3.8, 4) is 0 Å². The third-order valence-electron chi connectivity index (χ3n) is 2.54. The molecule has 0 radical (unpaired) electrons. The molecule has 1 amide bonds. The molecular weight excluding hydrogens is 248 g/mol. The molecule has 0 heterocycles. The van der Waals surface area contributed by atoms with Crippen molar-refractivity contribution in [2.45, 2.75) is 13.5 Å². The third kappa shape index (κ3) is 4.09. The van der Waals surface area contributed by atoms with Gasteiger partial charge >= 0.3 is 6.09 Å². The van der Waals surface area contributed by atoms with Crippen LogP contribution in [0.3, 0.4) is 0 Å². The summed E-state index contributed by atoms with van der Waals surface area (Å²) in [6.45, 7) is 2.31. The Labute approximate surface area is 111 Å². The predicted octanol–water partition coefficient (Wildman–Crippen LogP) is 2.74. The van der Waals surface area contributed by atoms with Gasteiger partial charge in [0.1, 0.15) is 0 Å². The molecule has 1 aromatic rings. The Morgan fingerprint density at radius 2 is 2.16 bits per heavy atom. The number of carbonyl (C=O) groups excluding carboxylic acids is 1. The maximum absolute atomic E-state index is 11.6. The second kappa shape index (κ2) is 7.15. The fraction of sp³-hybridized carbons (Fsp3) is 0.308. The van der Waals surface area contributed by atoms with Crippen LogP contribution in [0.2, 0.25) is 0 Å². The van der Waals surface area contributed by atoms with Crippen molar-refractivity contribution in [2.24, 2.45) is 0 Å². The fourth-order valence-electron chi connectivity index (χ4n) is 1.59. The minimum absolute atomic E-state index is 0.00289. The second-order valence-corrected chi connectivity index (χ2v) is 3.81. The molecule has 0 spiro atoms. The van der Waals surface area contributed by atoms with Gasteiger partial charge in [0.15, 0.2) is 0 Å². The first-order valence-corrected chi connectivity index (χ1v) is 5.76. The van der Waals surface area contributed by atoms with E-state index in [-0.39, 0.29) is 12.2 Å². The van der Waals surface area contributed by atoms with Gasteiger partial charge in [-0.2, -0.15) is 0 Å². The number of methoxy groups -OCH3 is 1. The van der Waals surface area contributed by atoms with Gasteiger partial charge in [-0.25, -0.2) is 4.79 Å². The van der Waals surface area contributed by atoms with Gasteiger partial charge in [0.2, 0.25) is 0 Å². The Kier molecular flexibility index (Phi) is 5.53. The van der Waals surface area contributed by atoms with Crippen LogP contribution in [0.5, 0.6) is 0 Å². The van der Waals surface area contributed by atoms with E-state index in [0.29, 0.717) is 12.1 Å². The highest BCUT2D eigenvalue weighted by atomic mass is 16.6. The zero-order valence-electron chi connectivity index (χ0n) is 10.9. The Balaban J connectivity index is 2.95. The van der Waals surface area contributed by atoms with Crippen LogP contribution in [0.4, 0.5) is 10.5 Å². The summed E-state index contributed by atoms with van der Waals surface area (Å²) in [7, 11) is 1.28. The first-order chi connectivity index (χ1) is 9.10. The lowest BCUT2D eigenvalue weighted by atomic mass is 10.1. The van der Waals surface area contributed by atoms with Crippen molar-refractivity contribution in [1.29, 1.82) is 0 Å². The molecule has 0 unspecified atom stereocenters. The zero-order valence-corrected chi connectivity index (χ0v) is 10.9. The normalized spacial score (nSPS) is 10.4. The van der Waals surface area contributed by atoms with E-state index in [2.05, 4.69) is 4.74 Å². The molecular formula is C13H16N2O4. The first kappa shape index (κ1) is 14.7. The number of hydrogen-bond donors (Lipinski definition) is 0. The summed E-state index contributed by atoms with van der Waals surface area (Å²) in [5.74, 6) is 0. The maximum Gasteiger partial charge on any atom is 0.410 e. The fourth-order valence-corrected chi connectivity index (χ4v) is 1.59. The lowest BCUT2D eigenvalue weighted by Crippen LogP contribution is -2.30. The Bertz CT molecular complexity index is 485. The van der Waals surface area contributed by atoms with Crippen LogP contribution in [0.1, 0.15) is 12.5 Å². The molecule has 0 saturated heterocycles. The summed E-state index contributed by atoms with van der Waals surface area (Å²) < 4.78 is 4.67. The van der Waals surface area contributed by atoms with Gasteiger partial charge in [-0.05, 0) is 6.92 Å². The highest BCUT2D eigenvalue weighted by molar-refractivity contribution is 5.68. The van der Waals surface area contributed by atoms with Crippen LogP contribution in [0.15, 0.2) is 36.4 Å². The summed E-state index contributed by atoms with van der Waals surface area (Å²) in [6.07, 6.45) is 3.07. The van der Waals surface area contributed by atoms with Gasteiger partial charge in [0.25, 0.3) is 5.69 Å². The molecule has 0 aliphatic heterocycles. The summed E-state index contributed by atoms with van der Waals surface area (Å²) in [6, 6.07) is 6.34. The number of ether oxygens (including phenoxy) is 1. The van der Waals surface area contributed by atoms with Crippen molar-refractivity contribution in [1.82, 2.24) is 4.90 Å². The van der Waals surface area contributed by atoms with Gasteiger partial charge in [-0.3, -0.25) is 15.0 Å². The molecule has 0 bridgehead atoms. The molecule has 0 saturated carbocycles. The monoisotopic (exact) mass is 264 g/mol. The minimum atomic E-state index is -0.517. The molecule has 1 aromatic carbocycles. The van der Waals surface area contributed by atoms with E-state index in [4.69, 9.17) is 0 Å². The molecule has 6 nitrogen and oxygen atoms in total. The summed E-state index contributed by atoms with van der Waals surface area (Å²) in [5, 5.41) is 10.9. The topological polar surface area (TPSA) is 72.7 Å². The first-order valence-electron chi connectivity index (χ1n) is 5.76. The number of para-hydroxylation sites is 1. The number of hydrogen-bond acceptors (Lipinski definition) is 4. The number of rotatable bonds is 5. The van der Waals surface area contributed by atoms with Crippen LogP contribution in [0.25, 0.3) is 0 Å². The number of amides is 1. The van der Waals surface area contributed by atoms with Crippen molar-refractivity contribution >= 4 is 11.8 Å². The predicted molar refractivity (Wildman–Crippen MR) is 70.7 cm³/mol. The smallest absolute Gasteiger partial charge is 0.410 e. The number of nitro benzene ring substituents is 1. The van der Waals surface area contributed by atoms with Gasteiger partial charge in [-0.15, -0.1) is 0 Å². The molecule has 0 atom stereocenters. The van der Waals surface area contributed by atoms with E-state index < -0.39 is 11.0 Å².